The number of nitrogens with one attached hydrogen (secondary N) is 2. The van der Waals surface area contributed by atoms with Crippen molar-refractivity contribution >= 4 is 17.9 Å². The van der Waals surface area contributed by atoms with Crippen LogP contribution in [0.3, 0.4) is 0 Å². The van der Waals surface area contributed by atoms with Crippen LogP contribution in [-0.4, -0.2) is 29.1 Å². The number of benzene rings is 2. The third-order valence-corrected chi connectivity index (χ3v) is 5.09. The number of carbonyl (C=O) groups is 2. The molecular weight excluding hydrogens is 408 g/mol. The molecule has 8 heteroatoms. The van der Waals surface area contributed by atoms with E-state index in [0.29, 0.717) is 29.7 Å². The Labute approximate surface area is 185 Å². The number of hydrogen-bond donors (Lipinski definition) is 3. The molecule has 0 aliphatic carbocycles. The predicted molar refractivity (Wildman–Crippen MR) is 123 cm³/mol. The maximum absolute atomic E-state index is 12.7. The quantitative estimate of drug-likeness (QED) is 0.466. The molecule has 2 aromatic carbocycles. The maximum Gasteiger partial charge on any atom is 0.338 e. The van der Waals surface area contributed by atoms with Gasteiger partial charge >= 0.3 is 12.0 Å². The molecule has 0 unspecified atom stereocenters. The third kappa shape index (κ3) is 5.40. The second kappa shape index (κ2) is 10.4. The number of aromatic amines is 1. The Hall–Kier alpha value is -3.94. The minimum Gasteiger partial charge on any atom is -0.465 e. The van der Waals surface area contributed by atoms with Gasteiger partial charge < -0.3 is 10.5 Å². The topological polar surface area (TPSA) is 127 Å². The summed E-state index contributed by atoms with van der Waals surface area (Å²) in [6.45, 7) is 2.06. The molecular formula is C24H26N4O4. The van der Waals surface area contributed by atoms with Gasteiger partial charge in [0.2, 0.25) is 5.95 Å². The van der Waals surface area contributed by atoms with E-state index in [4.69, 9.17) is 10.5 Å². The summed E-state index contributed by atoms with van der Waals surface area (Å²) in [5, 5.41) is 2.33. The molecule has 0 aliphatic rings. The number of hydrogen-bond acceptors (Lipinski definition) is 5. The minimum absolute atomic E-state index is 0.0483. The van der Waals surface area contributed by atoms with Gasteiger partial charge in [0.05, 0.1) is 18.4 Å². The number of urea groups is 1. The van der Waals surface area contributed by atoms with Gasteiger partial charge in [-0.25, -0.2) is 14.6 Å². The normalized spacial score (nSPS) is 10.6. The summed E-state index contributed by atoms with van der Waals surface area (Å²) in [6, 6.07) is 14.1. The Morgan fingerprint density at radius 2 is 1.84 bits per heavy atom. The number of nitrogens with zero attached hydrogens (tertiary/aromatic N) is 1. The molecule has 8 nitrogen and oxygen atoms in total. The molecule has 1 aromatic heterocycles. The highest BCUT2D eigenvalue weighted by atomic mass is 16.5. The van der Waals surface area contributed by atoms with E-state index in [1.807, 2.05) is 36.4 Å². The van der Waals surface area contributed by atoms with E-state index < -0.39 is 12.0 Å². The van der Waals surface area contributed by atoms with Crippen molar-refractivity contribution in [2.45, 2.75) is 32.6 Å². The first kappa shape index (κ1) is 22.7. The Balaban J connectivity index is 1.91. The zero-order valence-electron chi connectivity index (χ0n) is 18.1. The molecule has 32 heavy (non-hydrogen) atoms. The van der Waals surface area contributed by atoms with E-state index in [1.54, 1.807) is 12.1 Å². The number of H-pyrrole nitrogens is 1. The lowest BCUT2D eigenvalue weighted by atomic mass is 9.96. The molecule has 0 spiro atoms. The number of carbonyl (C=O) groups excluding carboxylic acids is 2. The first-order valence-electron chi connectivity index (χ1n) is 10.4. The fourth-order valence-corrected chi connectivity index (χ4v) is 3.48. The molecule has 3 aromatic rings. The van der Waals surface area contributed by atoms with Gasteiger partial charge in [-0.2, -0.15) is 0 Å². The van der Waals surface area contributed by atoms with Crippen LogP contribution < -0.4 is 16.6 Å². The molecule has 0 radical (unpaired) electrons. The number of aromatic nitrogens is 2. The molecule has 0 saturated heterocycles. The molecule has 0 bridgehead atoms. The van der Waals surface area contributed by atoms with Crippen LogP contribution in [0.15, 0.2) is 53.3 Å². The number of nitrogens with two attached hydrogens (primary N) is 1. The molecule has 0 fully saturated rings. The summed E-state index contributed by atoms with van der Waals surface area (Å²) >= 11 is 0. The van der Waals surface area contributed by atoms with E-state index in [2.05, 4.69) is 22.2 Å². The summed E-state index contributed by atoms with van der Waals surface area (Å²) in [5.41, 5.74) is 9.08. The van der Waals surface area contributed by atoms with Gasteiger partial charge in [0.25, 0.3) is 5.56 Å². The van der Waals surface area contributed by atoms with Crippen LogP contribution in [0, 0.1) is 0 Å². The fourth-order valence-electron chi connectivity index (χ4n) is 3.48. The SMILES string of the molecule is CCCCc1nc(NC(N)=O)[nH]c(=O)c1Cc1ccc(-c2ccccc2C(=O)OC)cc1. The Bertz CT molecular complexity index is 1170. The lowest BCUT2D eigenvalue weighted by Crippen LogP contribution is -2.26. The summed E-state index contributed by atoms with van der Waals surface area (Å²) in [6.07, 6.45) is 2.81. The van der Waals surface area contributed by atoms with Gasteiger partial charge in [0, 0.05) is 12.0 Å². The molecule has 2 amide bonds. The Morgan fingerprint density at radius 3 is 2.50 bits per heavy atom. The van der Waals surface area contributed by atoms with Crippen LogP contribution in [0.1, 0.15) is 46.9 Å². The average Bonchev–Trinajstić information content (AvgIpc) is 2.79. The Morgan fingerprint density at radius 1 is 1.12 bits per heavy atom. The standard InChI is InChI=1S/C24H26N4O4/c1-3-4-9-20-19(21(29)27-24(26-20)28-23(25)31)14-15-10-12-16(13-11-15)17-7-5-6-8-18(17)22(30)32-2/h5-8,10-13H,3-4,9,14H2,1-2H3,(H4,25,26,27,28,29,31). The Kier molecular flexibility index (Phi) is 7.38. The van der Waals surface area contributed by atoms with Gasteiger partial charge in [0.1, 0.15) is 0 Å². The largest absolute Gasteiger partial charge is 0.465 e. The van der Waals surface area contributed by atoms with Crippen LogP contribution in [0.5, 0.6) is 0 Å². The van der Waals surface area contributed by atoms with Crippen LogP contribution in [0.4, 0.5) is 10.7 Å². The summed E-state index contributed by atoms with van der Waals surface area (Å²) < 4.78 is 4.88. The second-order valence-corrected chi connectivity index (χ2v) is 7.34. The van der Waals surface area contributed by atoms with E-state index in [-0.39, 0.29) is 11.5 Å². The van der Waals surface area contributed by atoms with Crippen LogP contribution in [0.2, 0.25) is 0 Å². The molecule has 166 valence electrons. The lowest BCUT2D eigenvalue weighted by molar-refractivity contribution is 0.0601. The van der Waals surface area contributed by atoms with Crippen molar-refractivity contribution in [2.24, 2.45) is 5.73 Å². The fraction of sp³-hybridized carbons (Fsp3) is 0.250. The maximum atomic E-state index is 12.7. The number of methoxy groups -OCH3 is 1. The van der Waals surface area contributed by atoms with Crippen molar-refractivity contribution < 1.29 is 14.3 Å². The van der Waals surface area contributed by atoms with E-state index in [9.17, 15) is 14.4 Å². The van der Waals surface area contributed by atoms with Crippen molar-refractivity contribution in [2.75, 3.05) is 12.4 Å². The number of rotatable bonds is 8. The average molecular weight is 434 g/mol. The number of anilines is 1. The number of ether oxygens (including phenoxy) is 1. The lowest BCUT2D eigenvalue weighted by Gasteiger charge is -2.11. The highest BCUT2D eigenvalue weighted by Gasteiger charge is 2.15. The smallest absolute Gasteiger partial charge is 0.338 e. The second-order valence-electron chi connectivity index (χ2n) is 7.34. The van der Waals surface area contributed by atoms with Crippen LogP contribution >= 0.6 is 0 Å². The number of aryl methyl sites for hydroxylation is 1. The van der Waals surface area contributed by atoms with Gasteiger partial charge in [0.15, 0.2) is 0 Å². The summed E-state index contributed by atoms with van der Waals surface area (Å²) in [5.74, 6) is -0.348. The van der Waals surface area contributed by atoms with E-state index in [0.717, 1.165) is 29.5 Å². The third-order valence-electron chi connectivity index (χ3n) is 5.09. The molecule has 0 aliphatic heterocycles. The molecule has 0 atom stereocenters. The van der Waals surface area contributed by atoms with Crippen molar-refractivity contribution in [3.05, 3.63) is 81.3 Å². The van der Waals surface area contributed by atoms with Crippen molar-refractivity contribution in [3.8, 4) is 11.1 Å². The van der Waals surface area contributed by atoms with Crippen molar-refractivity contribution in [1.82, 2.24) is 9.97 Å². The molecule has 1 heterocycles. The van der Waals surface area contributed by atoms with E-state index in [1.165, 1.54) is 7.11 Å². The van der Waals surface area contributed by atoms with Gasteiger partial charge in [-0.05, 0) is 35.6 Å². The summed E-state index contributed by atoms with van der Waals surface area (Å²) in [4.78, 5) is 42.9. The minimum atomic E-state index is -0.787. The zero-order valence-corrected chi connectivity index (χ0v) is 18.1. The number of unbranched alkanes of at least 4 members (excludes halogenated alkanes) is 1. The molecule has 4 N–H and O–H groups in total. The summed E-state index contributed by atoms with van der Waals surface area (Å²) in [7, 11) is 1.36. The molecule has 0 saturated carbocycles. The monoisotopic (exact) mass is 434 g/mol. The molecule has 3 rings (SSSR count). The number of esters is 1. The van der Waals surface area contributed by atoms with Crippen molar-refractivity contribution in [1.29, 1.82) is 0 Å². The number of amides is 2. The highest BCUT2D eigenvalue weighted by Crippen LogP contribution is 2.25. The van der Waals surface area contributed by atoms with Crippen molar-refractivity contribution in [3.63, 3.8) is 0 Å². The van der Waals surface area contributed by atoms with Gasteiger partial charge in [-0.15, -0.1) is 0 Å². The van der Waals surface area contributed by atoms with Gasteiger partial charge in [-0.1, -0.05) is 55.8 Å². The first-order chi connectivity index (χ1) is 15.4. The van der Waals surface area contributed by atoms with Crippen LogP contribution in [0.25, 0.3) is 11.1 Å². The zero-order chi connectivity index (χ0) is 23.1. The number of primary amides is 1. The highest BCUT2D eigenvalue weighted by molar-refractivity contribution is 5.97. The van der Waals surface area contributed by atoms with Crippen LogP contribution in [-0.2, 0) is 17.6 Å². The predicted octanol–water partition coefficient (Wildman–Crippen LogP) is 3.65. The van der Waals surface area contributed by atoms with Gasteiger partial charge in [-0.3, -0.25) is 15.1 Å². The first-order valence-corrected chi connectivity index (χ1v) is 10.4. The van der Waals surface area contributed by atoms with E-state index >= 15 is 0 Å².